The Balaban J connectivity index is 0.000000406. The molecule has 0 N–H and O–H groups in total. The maximum absolute atomic E-state index is 2.37. The first-order valence-electron chi connectivity index (χ1n) is 12.9. The average Bonchev–Trinajstić information content (AvgIpc) is 3.13. The molecule has 172 valence electrons. The molecule has 0 heteroatoms. The first-order chi connectivity index (χ1) is 14.5. The van der Waals surface area contributed by atoms with E-state index in [-0.39, 0.29) is 0 Å². The second-order valence-electron chi connectivity index (χ2n) is 9.02. The van der Waals surface area contributed by atoms with E-state index in [0.717, 1.165) is 11.8 Å². The van der Waals surface area contributed by atoms with E-state index in [0.29, 0.717) is 0 Å². The van der Waals surface area contributed by atoms with Crippen LogP contribution in [0.2, 0.25) is 0 Å². The van der Waals surface area contributed by atoms with Crippen LogP contribution < -0.4 is 0 Å². The van der Waals surface area contributed by atoms with Gasteiger partial charge >= 0.3 is 0 Å². The molecule has 2 aliphatic rings. The summed E-state index contributed by atoms with van der Waals surface area (Å²) < 4.78 is 0. The van der Waals surface area contributed by atoms with Gasteiger partial charge in [-0.1, -0.05) is 128 Å². The van der Waals surface area contributed by atoms with Crippen molar-refractivity contribution in [3.05, 3.63) is 58.7 Å². The maximum atomic E-state index is 2.37. The quantitative estimate of drug-likeness (QED) is 0.408. The number of allylic oxidation sites excluding steroid dienone is 4. The fourth-order valence-electron chi connectivity index (χ4n) is 4.08. The van der Waals surface area contributed by atoms with E-state index in [2.05, 4.69) is 78.0 Å². The van der Waals surface area contributed by atoms with Gasteiger partial charge in [0, 0.05) is 0 Å². The van der Waals surface area contributed by atoms with E-state index in [1.54, 1.807) is 11.1 Å². The molecule has 0 aromatic heterocycles. The summed E-state index contributed by atoms with van der Waals surface area (Å²) in [6.45, 7) is 17.6. The molecule has 1 aromatic rings. The zero-order chi connectivity index (χ0) is 22.8. The summed E-state index contributed by atoms with van der Waals surface area (Å²) in [5.74, 6) is 1.84. The van der Waals surface area contributed by atoms with Crippen LogP contribution in [0.1, 0.15) is 118 Å². The Morgan fingerprint density at radius 3 is 1.70 bits per heavy atom. The lowest BCUT2D eigenvalue weighted by Gasteiger charge is -2.07. The van der Waals surface area contributed by atoms with Crippen LogP contribution in [0, 0.1) is 11.8 Å². The van der Waals surface area contributed by atoms with E-state index >= 15 is 0 Å². The van der Waals surface area contributed by atoms with Gasteiger partial charge in [0.25, 0.3) is 0 Å². The van der Waals surface area contributed by atoms with E-state index < -0.39 is 0 Å². The van der Waals surface area contributed by atoms with Gasteiger partial charge in [-0.05, 0) is 62.5 Å². The van der Waals surface area contributed by atoms with Gasteiger partial charge in [0.1, 0.15) is 0 Å². The molecule has 0 nitrogen and oxygen atoms in total. The Bertz CT molecular complexity index is 547. The Kier molecular flexibility index (Phi) is 17.7. The minimum atomic E-state index is 0.873. The molecule has 3 rings (SSSR count). The van der Waals surface area contributed by atoms with Gasteiger partial charge in [0.15, 0.2) is 0 Å². The zero-order valence-corrected chi connectivity index (χ0v) is 21.7. The van der Waals surface area contributed by atoms with Crippen LogP contribution in [-0.2, 0) is 12.8 Å². The number of fused-ring (bicyclic) bond motifs is 1. The lowest BCUT2D eigenvalue weighted by molar-refractivity contribution is 0.459. The molecule has 0 amide bonds. The second kappa shape index (κ2) is 18.5. The van der Waals surface area contributed by atoms with Crippen molar-refractivity contribution in [2.24, 2.45) is 11.8 Å². The molecule has 1 unspecified atom stereocenters. The molecular weight excluding hydrogens is 360 g/mol. The smallest absolute Gasteiger partial charge is 0.0247 e. The van der Waals surface area contributed by atoms with E-state index in [1.807, 2.05) is 13.8 Å². The van der Waals surface area contributed by atoms with Gasteiger partial charge in [-0.2, -0.15) is 0 Å². The van der Waals surface area contributed by atoms with Gasteiger partial charge in [-0.25, -0.2) is 0 Å². The molecule has 0 spiro atoms. The molecule has 0 radical (unpaired) electrons. The van der Waals surface area contributed by atoms with Crippen molar-refractivity contribution in [3.63, 3.8) is 0 Å². The molecule has 0 bridgehead atoms. The minimum absolute atomic E-state index is 0.873. The summed E-state index contributed by atoms with van der Waals surface area (Å²) in [6.07, 6.45) is 18.1. The highest BCUT2D eigenvalue weighted by Crippen LogP contribution is 2.25. The van der Waals surface area contributed by atoms with Crippen molar-refractivity contribution in [3.8, 4) is 0 Å². The summed E-state index contributed by atoms with van der Waals surface area (Å²) in [7, 11) is 0. The Labute approximate surface area is 190 Å². The van der Waals surface area contributed by atoms with Crippen LogP contribution in [0.3, 0.4) is 0 Å². The third-order valence-electron chi connectivity index (χ3n) is 6.03. The Morgan fingerprint density at radius 1 is 0.800 bits per heavy atom. The van der Waals surface area contributed by atoms with Crippen LogP contribution in [0.25, 0.3) is 0 Å². The fraction of sp³-hybridized carbons (Fsp3) is 0.667. The van der Waals surface area contributed by atoms with Crippen molar-refractivity contribution < 1.29 is 0 Å². The van der Waals surface area contributed by atoms with Gasteiger partial charge in [-0.15, -0.1) is 0 Å². The summed E-state index contributed by atoms with van der Waals surface area (Å²) >= 11 is 0. The van der Waals surface area contributed by atoms with Crippen molar-refractivity contribution in [1.82, 2.24) is 0 Å². The van der Waals surface area contributed by atoms with Crippen molar-refractivity contribution in [2.75, 3.05) is 0 Å². The highest BCUT2D eigenvalue weighted by atomic mass is 14.2. The third kappa shape index (κ3) is 13.1. The zero-order valence-electron chi connectivity index (χ0n) is 21.7. The van der Waals surface area contributed by atoms with Crippen molar-refractivity contribution in [1.29, 1.82) is 0 Å². The summed E-state index contributed by atoms with van der Waals surface area (Å²) in [6, 6.07) is 8.77. The average molecular weight is 413 g/mol. The van der Waals surface area contributed by atoms with Crippen LogP contribution in [0.4, 0.5) is 0 Å². The topological polar surface area (TPSA) is 0 Å². The van der Waals surface area contributed by atoms with Gasteiger partial charge in [-0.3, -0.25) is 0 Å². The van der Waals surface area contributed by atoms with Gasteiger partial charge in [0.05, 0.1) is 0 Å². The number of rotatable bonds is 6. The van der Waals surface area contributed by atoms with Crippen LogP contribution in [-0.4, -0.2) is 0 Å². The number of benzene rings is 1. The molecule has 0 saturated heterocycles. The molecular formula is C30H52. The predicted molar refractivity (Wildman–Crippen MR) is 139 cm³/mol. The van der Waals surface area contributed by atoms with E-state index in [1.165, 1.54) is 75.4 Å². The standard InChI is InChI=1S/C10H12.C10H22.C8H12.C2H6/c1-8-6-9-4-2-3-5-10(9)7-8;1-4-6-7-9-10(3)8-5-2;1-7-5-3-4-6-8(7)2;1-2/h2-5,8H,6-7H2,1H3;10H,4-9H2,1-3H3;5-6H,3-4H2,1-2H3;1-2H3. The number of unbranched alkanes of at least 4 members (excludes halogenated alkanes) is 2. The summed E-state index contributed by atoms with van der Waals surface area (Å²) in [5.41, 5.74) is 6.04. The Hall–Kier alpha value is -1.30. The largest absolute Gasteiger partial charge is 0.0810 e. The fourth-order valence-corrected chi connectivity index (χ4v) is 4.08. The monoisotopic (exact) mass is 412 g/mol. The lowest BCUT2D eigenvalue weighted by Crippen LogP contribution is -1.92. The number of hydrogen-bond acceptors (Lipinski definition) is 0. The SMILES string of the molecule is CC.CC1=CCCC=C1C.CC1Cc2ccccc2C1.CCCCCC(C)CCC. The van der Waals surface area contributed by atoms with E-state index in [9.17, 15) is 0 Å². The van der Waals surface area contributed by atoms with Crippen LogP contribution in [0.5, 0.6) is 0 Å². The van der Waals surface area contributed by atoms with Gasteiger partial charge in [0.2, 0.25) is 0 Å². The van der Waals surface area contributed by atoms with Crippen molar-refractivity contribution in [2.45, 2.75) is 120 Å². The Morgan fingerprint density at radius 2 is 1.30 bits per heavy atom. The molecule has 0 heterocycles. The molecule has 0 saturated carbocycles. The van der Waals surface area contributed by atoms with Crippen LogP contribution in [0.15, 0.2) is 47.6 Å². The molecule has 1 atom stereocenters. The summed E-state index contributed by atoms with van der Waals surface area (Å²) in [5, 5.41) is 0. The predicted octanol–water partition coefficient (Wildman–Crippen LogP) is 10.1. The first kappa shape index (κ1) is 28.7. The molecule has 0 fully saturated rings. The molecule has 2 aliphatic carbocycles. The van der Waals surface area contributed by atoms with Crippen molar-refractivity contribution >= 4 is 0 Å². The number of hydrogen-bond donors (Lipinski definition) is 0. The highest BCUT2D eigenvalue weighted by molar-refractivity contribution is 5.31. The lowest BCUT2D eigenvalue weighted by atomic mass is 9.99. The highest BCUT2D eigenvalue weighted by Gasteiger charge is 2.15. The molecule has 0 aliphatic heterocycles. The summed E-state index contributed by atoms with van der Waals surface area (Å²) in [4.78, 5) is 0. The maximum Gasteiger partial charge on any atom is -0.0247 e. The second-order valence-corrected chi connectivity index (χ2v) is 9.02. The molecule has 1 aromatic carbocycles. The third-order valence-corrected chi connectivity index (χ3v) is 6.03. The first-order valence-corrected chi connectivity index (χ1v) is 12.9. The van der Waals surface area contributed by atoms with Gasteiger partial charge < -0.3 is 0 Å². The van der Waals surface area contributed by atoms with E-state index in [4.69, 9.17) is 0 Å². The molecule has 30 heavy (non-hydrogen) atoms. The van der Waals surface area contributed by atoms with Crippen LogP contribution >= 0.6 is 0 Å². The normalized spacial score (nSPS) is 15.7. The minimum Gasteiger partial charge on any atom is -0.0810 e.